The van der Waals surface area contributed by atoms with E-state index in [4.69, 9.17) is 11.6 Å². The largest absolute Gasteiger partial charge is 0.392 e. The van der Waals surface area contributed by atoms with E-state index in [1.54, 1.807) is 0 Å². The Hall–Kier alpha value is -1.71. The molecule has 0 aliphatic carbocycles. The van der Waals surface area contributed by atoms with Crippen LogP contribution in [0.2, 0.25) is 5.02 Å². The van der Waals surface area contributed by atoms with E-state index in [9.17, 15) is 5.11 Å². The molecule has 2 aromatic rings. The molecule has 0 radical (unpaired) electrons. The molecule has 1 N–H and O–H groups in total. The summed E-state index contributed by atoms with van der Waals surface area (Å²) in [6.07, 6.45) is 0. The Kier molecular flexibility index (Phi) is 4.32. The third-order valence-electron chi connectivity index (χ3n) is 3.97. The Balaban J connectivity index is 1.67. The number of aliphatic hydroxyl groups excluding tert-OH is 1. The Morgan fingerprint density at radius 3 is 2.05 bits per heavy atom. The van der Waals surface area contributed by atoms with E-state index in [0.29, 0.717) is 5.02 Å². The number of nitrogens with zero attached hydrogens (tertiary/aromatic N) is 2. The molecule has 2 aromatic carbocycles. The van der Waals surface area contributed by atoms with E-state index < -0.39 is 0 Å². The quantitative estimate of drug-likeness (QED) is 0.943. The van der Waals surface area contributed by atoms with Crippen LogP contribution in [0.3, 0.4) is 0 Å². The van der Waals surface area contributed by atoms with Crippen LogP contribution >= 0.6 is 11.6 Å². The smallest absolute Gasteiger partial charge is 0.0696 e. The Bertz CT molecular complexity index is 595. The standard InChI is InChI=1S/C17H19ClN2O/c18-17-12-16(7-6-14(17)13-21)20-10-8-19(9-11-20)15-4-2-1-3-5-15/h1-7,12,21H,8-11,13H2. The van der Waals surface area contributed by atoms with E-state index in [1.165, 1.54) is 5.69 Å². The lowest BCUT2D eigenvalue weighted by Gasteiger charge is -2.37. The second-order valence-electron chi connectivity index (χ2n) is 5.24. The van der Waals surface area contributed by atoms with Gasteiger partial charge in [-0.15, -0.1) is 0 Å². The summed E-state index contributed by atoms with van der Waals surface area (Å²) < 4.78 is 0. The number of hydrogen-bond donors (Lipinski definition) is 1. The highest BCUT2D eigenvalue weighted by atomic mass is 35.5. The number of hydrogen-bond acceptors (Lipinski definition) is 3. The van der Waals surface area contributed by atoms with Crippen LogP contribution in [-0.2, 0) is 6.61 Å². The summed E-state index contributed by atoms with van der Waals surface area (Å²) in [5.41, 5.74) is 3.19. The maximum Gasteiger partial charge on any atom is 0.0696 e. The molecule has 0 unspecified atom stereocenters. The van der Waals surface area contributed by atoms with E-state index in [2.05, 4.69) is 34.1 Å². The van der Waals surface area contributed by atoms with Crippen molar-refractivity contribution in [1.29, 1.82) is 0 Å². The molecular formula is C17H19ClN2O. The molecule has 4 heteroatoms. The molecule has 1 aliphatic rings. The summed E-state index contributed by atoms with van der Waals surface area (Å²) in [5.74, 6) is 0. The Labute approximate surface area is 130 Å². The van der Waals surface area contributed by atoms with Gasteiger partial charge in [0.15, 0.2) is 0 Å². The molecule has 0 amide bonds. The second kappa shape index (κ2) is 6.37. The molecule has 1 fully saturated rings. The minimum absolute atomic E-state index is 0.0130. The molecule has 0 saturated carbocycles. The average Bonchev–Trinajstić information content (AvgIpc) is 2.56. The third-order valence-corrected chi connectivity index (χ3v) is 4.33. The topological polar surface area (TPSA) is 26.7 Å². The molecular weight excluding hydrogens is 284 g/mol. The van der Waals surface area contributed by atoms with Crippen LogP contribution in [0, 0.1) is 0 Å². The van der Waals surface area contributed by atoms with Crippen molar-refractivity contribution in [2.24, 2.45) is 0 Å². The van der Waals surface area contributed by atoms with Gasteiger partial charge in [-0.1, -0.05) is 35.9 Å². The van der Waals surface area contributed by atoms with Gasteiger partial charge in [0, 0.05) is 42.6 Å². The fraction of sp³-hybridized carbons (Fsp3) is 0.294. The van der Waals surface area contributed by atoms with Gasteiger partial charge in [-0.25, -0.2) is 0 Å². The van der Waals surface area contributed by atoms with Gasteiger partial charge < -0.3 is 14.9 Å². The third kappa shape index (κ3) is 3.14. The lowest BCUT2D eigenvalue weighted by Crippen LogP contribution is -2.46. The van der Waals surface area contributed by atoms with Gasteiger partial charge in [0.05, 0.1) is 6.61 Å². The van der Waals surface area contributed by atoms with Gasteiger partial charge in [-0.3, -0.25) is 0 Å². The monoisotopic (exact) mass is 302 g/mol. The number of halogens is 1. The zero-order chi connectivity index (χ0) is 14.7. The maximum atomic E-state index is 9.18. The zero-order valence-corrected chi connectivity index (χ0v) is 12.6. The molecule has 3 rings (SSSR count). The highest BCUT2D eigenvalue weighted by Gasteiger charge is 2.17. The fourth-order valence-electron chi connectivity index (χ4n) is 2.72. The number of para-hydroxylation sites is 1. The first-order valence-electron chi connectivity index (χ1n) is 7.22. The number of benzene rings is 2. The predicted octanol–water partition coefficient (Wildman–Crippen LogP) is 3.16. The van der Waals surface area contributed by atoms with Crippen LogP contribution in [0.5, 0.6) is 0 Å². The van der Waals surface area contributed by atoms with Gasteiger partial charge in [-0.2, -0.15) is 0 Å². The maximum absolute atomic E-state index is 9.18. The van der Waals surface area contributed by atoms with Crippen LogP contribution in [0.25, 0.3) is 0 Å². The average molecular weight is 303 g/mol. The molecule has 1 saturated heterocycles. The minimum atomic E-state index is -0.0130. The van der Waals surface area contributed by atoms with Crippen molar-refractivity contribution in [3.63, 3.8) is 0 Å². The van der Waals surface area contributed by atoms with Crippen molar-refractivity contribution in [3.8, 4) is 0 Å². The molecule has 21 heavy (non-hydrogen) atoms. The minimum Gasteiger partial charge on any atom is -0.392 e. The second-order valence-corrected chi connectivity index (χ2v) is 5.65. The number of aliphatic hydroxyl groups is 1. The van der Waals surface area contributed by atoms with E-state index >= 15 is 0 Å². The molecule has 3 nitrogen and oxygen atoms in total. The molecule has 0 atom stereocenters. The van der Waals surface area contributed by atoms with Gasteiger partial charge in [-0.05, 0) is 29.8 Å². The molecule has 1 heterocycles. The van der Waals surface area contributed by atoms with Gasteiger partial charge in [0.2, 0.25) is 0 Å². The fourth-order valence-corrected chi connectivity index (χ4v) is 2.96. The van der Waals surface area contributed by atoms with Crippen molar-refractivity contribution in [2.75, 3.05) is 36.0 Å². The first-order chi connectivity index (χ1) is 10.3. The van der Waals surface area contributed by atoms with Crippen LogP contribution in [-0.4, -0.2) is 31.3 Å². The van der Waals surface area contributed by atoms with Crippen molar-refractivity contribution < 1.29 is 5.11 Å². The predicted molar refractivity (Wildman–Crippen MR) is 88.2 cm³/mol. The van der Waals surface area contributed by atoms with Crippen LogP contribution in [0.15, 0.2) is 48.5 Å². The van der Waals surface area contributed by atoms with E-state index in [1.807, 2.05) is 24.3 Å². The van der Waals surface area contributed by atoms with Crippen LogP contribution in [0.1, 0.15) is 5.56 Å². The highest BCUT2D eigenvalue weighted by Crippen LogP contribution is 2.25. The van der Waals surface area contributed by atoms with Crippen LogP contribution < -0.4 is 9.80 Å². The lowest BCUT2D eigenvalue weighted by atomic mass is 10.1. The summed E-state index contributed by atoms with van der Waals surface area (Å²) in [6, 6.07) is 16.4. The van der Waals surface area contributed by atoms with Crippen molar-refractivity contribution >= 4 is 23.0 Å². The zero-order valence-electron chi connectivity index (χ0n) is 11.9. The van der Waals surface area contributed by atoms with E-state index in [0.717, 1.165) is 37.4 Å². The summed E-state index contributed by atoms with van der Waals surface area (Å²) in [5, 5.41) is 9.82. The molecule has 0 aromatic heterocycles. The number of piperazine rings is 1. The summed E-state index contributed by atoms with van der Waals surface area (Å²) in [7, 11) is 0. The molecule has 110 valence electrons. The first kappa shape index (κ1) is 14.2. The van der Waals surface area contributed by atoms with Crippen molar-refractivity contribution in [2.45, 2.75) is 6.61 Å². The number of anilines is 2. The van der Waals surface area contributed by atoms with Gasteiger partial charge in [0.1, 0.15) is 0 Å². The Morgan fingerprint density at radius 2 is 1.48 bits per heavy atom. The molecule has 0 bridgehead atoms. The summed E-state index contributed by atoms with van der Waals surface area (Å²) >= 11 is 6.18. The normalized spacial score (nSPS) is 15.3. The highest BCUT2D eigenvalue weighted by molar-refractivity contribution is 6.31. The van der Waals surface area contributed by atoms with Gasteiger partial charge in [0.25, 0.3) is 0 Å². The van der Waals surface area contributed by atoms with Crippen molar-refractivity contribution in [1.82, 2.24) is 0 Å². The molecule has 1 aliphatic heterocycles. The summed E-state index contributed by atoms with van der Waals surface area (Å²) in [6.45, 7) is 3.95. The van der Waals surface area contributed by atoms with Crippen molar-refractivity contribution in [3.05, 3.63) is 59.1 Å². The SMILES string of the molecule is OCc1ccc(N2CCN(c3ccccc3)CC2)cc1Cl. The Morgan fingerprint density at radius 1 is 0.857 bits per heavy atom. The van der Waals surface area contributed by atoms with Gasteiger partial charge >= 0.3 is 0 Å². The summed E-state index contributed by atoms with van der Waals surface area (Å²) in [4.78, 5) is 4.74. The number of rotatable bonds is 3. The lowest BCUT2D eigenvalue weighted by molar-refractivity contribution is 0.282. The first-order valence-corrected chi connectivity index (χ1v) is 7.60. The molecule has 0 spiro atoms. The van der Waals surface area contributed by atoms with Crippen LogP contribution in [0.4, 0.5) is 11.4 Å². The van der Waals surface area contributed by atoms with E-state index in [-0.39, 0.29) is 6.61 Å².